The number of carbonyl (C=O) groups is 1. The molecule has 0 bridgehead atoms. The summed E-state index contributed by atoms with van der Waals surface area (Å²) in [7, 11) is 0. The summed E-state index contributed by atoms with van der Waals surface area (Å²) in [5.41, 5.74) is 3.40. The molecule has 0 radical (unpaired) electrons. The van der Waals surface area contributed by atoms with Crippen LogP contribution in [0.25, 0.3) is 21.3 Å². The molecule has 0 spiro atoms. The first-order valence-electron chi connectivity index (χ1n) is 10.7. The molecule has 4 aromatic rings. The highest BCUT2D eigenvalue weighted by atomic mass is 32.1. The fraction of sp³-hybridized carbons (Fsp3) is 0.333. The zero-order valence-corrected chi connectivity index (χ0v) is 18.5. The summed E-state index contributed by atoms with van der Waals surface area (Å²) < 4.78 is 2.86. The predicted molar refractivity (Wildman–Crippen MR) is 124 cm³/mol. The Hall–Kier alpha value is -3.06. The van der Waals surface area contributed by atoms with Crippen LogP contribution in [0, 0.1) is 6.92 Å². The van der Waals surface area contributed by atoms with Crippen molar-refractivity contribution in [1.82, 2.24) is 19.4 Å². The van der Waals surface area contributed by atoms with E-state index in [1.165, 1.54) is 0 Å². The highest BCUT2D eigenvalue weighted by Gasteiger charge is 2.31. The Kier molecular flexibility index (Phi) is 5.06. The molecule has 31 heavy (non-hydrogen) atoms. The summed E-state index contributed by atoms with van der Waals surface area (Å²) in [6, 6.07) is 13.6. The fourth-order valence-corrected chi connectivity index (χ4v) is 5.57. The maximum absolute atomic E-state index is 13.6. The van der Waals surface area contributed by atoms with Gasteiger partial charge in [0.15, 0.2) is 0 Å². The van der Waals surface area contributed by atoms with Crippen LogP contribution < -0.4 is 5.56 Å². The molecule has 2 aromatic carbocycles. The summed E-state index contributed by atoms with van der Waals surface area (Å²) in [5.74, 6) is -0.000410. The van der Waals surface area contributed by atoms with Crippen LogP contribution >= 0.6 is 11.3 Å². The molecule has 1 amide bonds. The molecule has 6 nitrogen and oxygen atoms in total. The molecule has 0 aliphatic carbocycles. The Morgan fingerprint density at radius 1 is 1.13 bits per heavy atom. The van der Waals surface area contributed by atoms with E-state index >= 15 is 0 Å². The van der Waals surface area contributed by atoms with Gasteiger partial charge in [-0.1, -0.05) is 12.1 Å². The molecule has 3 heterocycles. The Morgan fingerprint density at radius 3 is 2.77 bits per heavy atom. The van der Waals surface area contributed by atoms with Gasteiger partial charge in [0.2, 0.25) is 0 Å². The Bertz CT molecular complexity index is 1320. The molecule has 1 fully saturated rings. The minimum Gasteiger partial charge on any atom is -0.329 e. The maximum Gasteiger partial charge on any atom is 0.272 e. The van der Waals surface area contributed by atoms with Gasteiger partial charge in [-0.05, 0) is 63.4 Å². The van der Waals surface area contributed by atoms with Gasteiger partial charge < -0.3 is 9.47 Å². The summed E-state index contributed by atoms with van der Waals surface area (Å²) >= 11 is 1.68. The number of rotatable bonds is 3. The van der Waals surface area contributed by atoms with Gasteiger partial charge in [0.25, 0.3) is 11.5 Å². The van der Waals surface area contributed by atoms with E-state index in [9.17, 15) is 9.59 Å². The number of likely N-dealkylation sites (tertiary alicyclic amines) is 1. The number of aromatic nitrogens is 3. The van der Waals surface area contributed by atoms with Crippen molar-refractivity contribution < 1.29 is 4.79 Å². The monoisotopic (exact) mass is 432 g/mol. The number of nitrogens with zero attached hydrogens (tertiary/aromatic N) is 4. The van der Waals surface area contributed by atoms with Gasteiger partial charge in [0, 0.05) is 18.7 Å². The van der Waals surface area contributed by atoms with Crippen molar-refractivity contribution in [2.45, 2.75) is 45.7 Å². The molecular formula is C24H24N4O2S. The van der Waals surface area contributed by atoms with E-state index < -0.39 is 0 Å². The molecule has 0 N–H and O–H groups in total. The SMILES string of the molecule is CCn1c(=O)c(C)nc2cc(C(=O)N3CCCCC3c3nc4ccccc4s3)ccc21. The van der Waals surface area contributed by atoms with Crippen LogP contribution in [-0.2, 0) is 6.54 Å². The number of para-hydroxylation sites is 1. The first-order valence-corrected chi connectivity index (χ1v) is 11.6. The fourth-order valence-electron chi connectivity index (χ4n) is 4.45. The third-order valence-corrected chi connectivity index (χ3v) is 7.17. The molecule has 5 rings (SSSR count). The topological polar surface area (TPSA) is 68.1 Å². The van der Waals surface area contributed by atoms with Gasteiger partial charge in [-0.3, -0.25) is 9.59 Å². The van der Waals surface area contributed by atoms with Gasteiger partial charge in [0.05, 0.1) is 27.3 Å². The number of carbonyl (C=O) groups excluding carboxylic acids is 1. The van der Waals surface area contributed by atoms with Gasteiger partial charge in [-0.15, -0.1) is 11.3 Å². The molecule has 1 saturated heterocycles. The van der Waals surface area contributed by atoms with E-state index in [4.69, 9.17) is 4.98 Å². The van der Waals surface area contributed by atoms with Crippen LogP contribution in [0.15, 0.2) is 47.3 Å². The standard InChI is InChI=1S/C24H24N4O2S/c1-3-27-19-12-11-16(14-18(19)25-15(2)23(27)29)24(30)28-13-7-6-9-20(28)22-26-17-8-4-5-10-21(17)31-22/h4-5,8,10-12,14,20H,3,6-7,9,13H2,1-2H3. The second-order valence-electron chi connectivity index (χ2n) is 7.98. The quantitative estimate of drug-likeness (QED) is 0.470. The van der Waals surface area contributed by atoms with Gasteiger partial charge >= 0.3 is 0 Å². The summed E-state index contributed by atoms with van der Waals surface area (Å²) in [5, 5.41) is 1.00. The Balaban J connectivity index is 1.53. The van der Waals surface area contributed by atoms with Crippen molar-refractivity contribution in [3.8, 4) is 0 Å². The van der Waals surface area contributed by atoms with Crippen LogP contribution in [0.1, 0.15) is 53.3 Å². The van der Waals surface area contributed by atoms with Crippen LogP contribution in [0.4, 0.5) is 0 Å². The minimum absolute atomic E-state index is 0.000410. The lowest BCUT2D eigenvalue weighted by Crippen LogP contribution is -2.38. The number of aryl methyl sites for hydroxylation is 2. The average Bonchev–Trinajstić information content (AvgIpc) is 3.23. The van der Waals surface area contributed by atoms with Crippen LogP contribution in [0.5, 0.6) is 0 Å². The van der Waals surface area contributed by atoms with Crippen LogP contribution in [0.2, 0.25) is 0 Å². The van der Waals surface area contributed by atoms with Crippen molar-refractivity contribution >= 4 is 38.5 Å². The summed E-state index contributed by atoms with van der Waals surface area (Å²) in [6.07, 6.45) is 3.00. The second-order valence-corrected chi connectivity index (χ2v) is 9.04. The number of hydrogen-bond donors (Lipinski definition) is 0. The average molecular weight is 433 g/mol. The van der Waals surface area contributed by atoms with Gasteiger partial charge in [-0.2, -0.15) is 0 Å². The summed E-state index contributed by atoms with van der Waals surface area (Å²) in [6.45, 7) is 4.95. The largest absolute Gasteiger partial charge is 0.329 e. The number of hydrogen-bond acceptors (Lipinski definition) is 5. The number of piperidine rings is 1. The molecule has 1 aliphatic rings. The third kappa shape index (κ3) is 3.43. The van der Waals surface area contributed by atoms with E-state index in [0.29, 0.717) is 23.3 Å². The zero-order valence-electron chi connectivity index (χ0n) is 17.7. The Morgan fingerprint density at radius 2 is 1.97 bits per heavy atom. The number of fused-ring (bicyclic) bond motifs is 2. The molecule has 2 aromatic heterocycles. The first kappa shape index (κ1) is 19.9. The van der Waals surface area contributed by atoms with E-state index in [2.05, 4.69) is 11.1 Å². The lowest BCUT2D eigenvalue weighted by atomic mass is 10.0. The lowest BCUT2D eigenvalue weighted by Gasteiger charge is -2.34. The molecule has 158 valence electrons. The number of benzene rings is 2. The number of thiazole rings is 1. The lowest BCUT2D eigenvalue weighted by molar-refractivity contribution is 0.0611. The van der Waals surface area contributed by atoms with Crippen molar-refractivity contribution in [3.63, 3.8) is 0 Å². The molecular weight excluding hydrogens is 408 g/mol. The van der Waals surface area contributed by atoms with E-state index in [-0.39, 0.29) is 17.5 Å². The van der Waals surface area contributed by atoms with Gasteiger partial charge in [-0.25, -0.2) is 9.97 Å². The van der Waals surface area contributed by atoms with Crippen molar-refractivity contribution in [2.24, 2.45) is 0 Å². The molecule has 7 heteroatoms. The third-order valence-electron chi connectivity index (χ3n) is 6.03. The normalized spacial score (nSPS) is 16.8. The van der Waals surface area contributed by atoms with E-state index in [0.717, 1.165) is 46.5 Å². The predicted octanol–water partition coefficient (Wildman–Crippen LogP) is 4.70. The highest BCUT2D eigenvalue weighted by molar-refractivity contribution is 7.18. The molecule has 1 aliphatic heterocycles. The highest BCUT2D eigenvalue weighted by Crippen LogP contribution is 2.36. The van der Waals surface area contributed by atoms with Crippen molar-refractivity contribution in [1.29, 1.82) is 0 Å². The number of amides is 1. The van der Waals surface area contributed by atoms with Gasteiger partial charge in [0.1, 0.15) is 10.7 Å². The van der Waals surface area contributed by atoms with Crippen molar-refractivity contribution in [3.05, 3.63) is 69.1 Å². The second kappa shape index (κ2) is 7.89. The minimum atomic E-state index is -0.0824. The zero-order chi connectivity index (χ0) is 21.5. The van der Waals surface area contributed by atoms with Crippen LogP contribution in [-0.4, -0.2) is 31.9 Å². The molecule has 1 atom stereocenters. The smallest absolute Gasteiger partial charge is 0.272 e. The van der Waals surface area contributed by atoms with Crippen molar-refractivity contribution in [2.75, 3.05) is 6.54 Å². The first-order chi connectivity index (χ1) is 15.1. The Labute approximate surface area is 184 Å². The van der Waals surface area contributed by atoms with E-state index in [1.54, 1.807) is 22.8 Å². The maximum atomic E-state index is 13.6. The van der Waals surface area contributed by atoms with Crippen LogP contribution in [0.3, 0.4) is 0 Å². The molecule has 0 saturated carbocycles. The summed E-state index contributed by atoms with van der Waals surface area (Å²) in [4.78, 5) is 37.2. The van der Waals surface area contributed by atoms with E-state index in [1.807, 2.05) is 48.2 Å². The molecule has 1 unspecified atom stereocenters.